The lowest BCUT2D eigenvalue weighted by Gasteiger charge is -2.25. The highest BCUT2D eigenvalue weighted by Gasteiger charge is 2.34. The van der Waals surface area contributed by atoms with Gasteiger partial charge in [0.2, 0.25) is 0 Å². The molecule has 0 bridgehead atoms. The highest BCUT2D eigenvalue weighted by molar-refractivity contribution is 5.83. The van der Waals surface area contributed by atoms with Gasteiger partial charge in [0.15, 0.2) is 5.78 Å². The van der Waals surface area contributed by atoms with E-state index in [9.17, 15) is 30.0 Å². The summed E-state index contributed by atoms with van der Waals surface area (Å²) in [6.07, 6.45) is 14.6. The van der Waals surface area contributed by atoms with E-state index in [1.165, 1.54) is 51.4 Å². The number of carbonyl (C=O) groups is 2. The van der Waals surface area contributed by atoms with E-state index in [4.69, 9.17) is 0 Å². The number of esters is 1. The Hall–Kier alpha value is -1.54. The Balaban J connectivity index is 3.75. The van der Waals surface area contributed by atoms with Crippen molar-refractivity contribution in [3.8, 4) is 0 Å². The predicted octanol–water partition coefficient (Wildman–Crippen LogP) is 4.16. The Morgan fingerprint density at radius 1 is 0.765 bits per heavy atom. The number of hydrogen-bond acceptors (Lipinski definition) is 7. The summed E-state index contributed by atoms with van der Waals surface area (Å²) in [5, 5.41) is 39.5. The van der Waals surface area contributed by atoms with Crippen molar-refractivity contribution in [3.63, 3.8) is 0 Å². The Bertz CT molecular complexity index is 561. The summed E-state index contributed by atoms with van der Waals surface area (Å²) < 4.78 is 4.58. The number of aliphatic hydroxyl groups is 4. The molecule has 7 heteroatoms. The summed E-state index contributed by atoms with van der Waals surface area (Å²) >= 11 is 0. The standard InChI is InChI=1S/C27H48O7/c1-3-5-6-7-8-9-10-11-12-13-14-15-16-17-18-19-20-22(28)25(31)27(33)26(32)23(29)21-34-24(30)4-2/h4,11-12,23,25-27,29,31-33H,2-3,5-10,13-21H2,1H3/t23-,25+,26-,27-/m1/s1. The Labute approximate surface area is 205 Å². The molecule has 0 saturated heterocycles. The van der Waals surface area contributed by atoms with Crippen molar-refractivity contribution in [1.82, 2.24) is 0 Å². The Morgan fingerprint density at radius 2 is 1.26 bits per heavy atom. The average molecular weight is 485 g/mol. The molecule has 0 amide bonds. The van der Waals surface area contributed by atoms with Crippen molar-refractivity contribution in [2.45, 2.75) is 128 Å². The first-order chi connectivity index (χ1) is 16.3. The van der Waals surface area contributed by atoms with Gasteiger partial charge in [-0.1, -0.05) is 83.4 Å². The second kappa shape index (κ2) is 22.0. The summed E-state index contributed by atoms with van der Waals surface area (Å²) in [6.45, 7) is 4.85. The van der Waals surface area contributed by atoms with Crippen LogP contribution in [-0.4, -0.2) is 63.2 Å². The quantitative estimate of drug-likeness (QED) is 0.0743. The third-order valence-corrected chi connectivity index (χ3v) is 5.90. The molecule has 0 aliphatic heterocycles. The molecule has 4 atom stereocenters. The number of aliphatic hydroxyl groups excluding tert-OH is 4. The number of allylic oxidation sites excluding steroid dienone is 2. The summed E-state index contributed by atoms with van der Waals surface area (Å²) in [5.41, 5.74) is 0. The number of unbranched alkanes of at least 4 members (excludes halogenated alkanes) is 12. The van der Waals surface area contributed by atoms with Crippen LogP contribution in [0.1, 0.15) is 103 Å². The lowest BCUT2D eigenvalue weighted by molar-refractivity contribution is -0.155. The van der Waals surface area contributed by atoms with Gasteiger partial charge in [-0.15, -0.1) is 0 Å². The molecule has 0 radical (unpaired) electrons. The van der Waals surface area contributed by atoms with Gasteiger partial charge in [0.05, 0.1) is 0 Å². The minimum absolute atomic E-state index is 0.0909. The zero-order valence-electron chi connectivity index (χ0n) is 21.1. The number of rotatable bonds is 23. The molecule has 198 valence electrons. The molecule has 0 spiro atoms. The molecule has 0 aliphatic carbocycles. The molecule has 0 heterocycles. The molecular weight excluding hydrogens is 436 g/mol. The van der Waals surface area contributed by atoms with Crippen LogP contribution in [0, 0.1) is 0 Å². The summed E-state index contributed by atoms with van der Waals surface area (Å²) in [4.78, 5) is 23.0. The van der Waals surface area contributed by atoms with Crippen molar-refractivity contribution in [3.05, 3.63) is 24.8 Å². The lowest BCUT2D eigenvalue weighted by atomic mass is 9.97. The fourth-order valence-corrected chi connectivity index (χ4v) is 3.62. The van der Waals surface area contributed by atoms with Crippen LogP contribution >= 0.6 is 0 Å². The molecule has 0 rings (SSSR count). The minimum Gasteiger partial charge on any atom is -0.460 e. The van der Waals surface area contributed by atoms with Gasteiger partial charge in [0, 0.05) is 12.5 Å². The lowest BCUT2D eigenvalue weighted by Crippen LogP contribution is -2.49. The van der Waals surface area contributed by atoms with Crippen LogP contribution in [-0.2, 0) is 14.3 Å². The van der Waals surface area contributed by atoms with Crippen LogP contribution < -0.4 is 0 Å². The first-order valence-electron chi connectivity index (χ1n) is 13.0. The average Bonchev–Trinajstić information content (AvgIpc) is 2.85. The van der Waals surface area contributed by atoms with Crippen LogP contribution in [0.2, 0.25) is 0 Å². The number of Topliss-reactive ketones (excluding diaryl/α,β-unsaturated/α-hetero) is 1. The SMILES string of the molecule is C=CC(=O)OC[C@@H](O)[C@@H](O)[C@H](O)[C@@H](O)C(=O)CCCCCCCCC=CCCCCCCCC. The first-order valence-corrected chi connectivity index (χ1v) is 13.0. The summed E-state index contributed by atoms with van der Waals surface area (Å²) in [6, 6.07) is 0. The topological polar surface area (TPSA) is 124 Å². The largest absolute Gasteiger partial charge is 0.460 e. The fraction of sp³-hybridized carbons (Fsp3) is 0.778. The highest BCUT2D eigenvalue weighted by Crippen LogP contribution is 2.13. The third kappa shape index (κ3) is 17.0. The second-order valence-electron chi connectivity index (χ2n) is 8.98. The van der Waals surface area contributed by atoms with Crippen LogP contribution in [0.15, 0.2) is 24.8 Å². The molecule has 0 aromatic heterocycles. The van der Waals surface area contributed by atoms with Gasteiger partial charge in [-0.2, -0.15) is 0 Å². The van der Waals surface area contributed by atoms with Gasteiger partial charge in [-0.3, -0.25) is 4.79 Å². The van der Waals surface area contributed by atoms with Gasteiger partial charge in [-0.25, -0.2) is 4.79 Å². The molecule has 0 fully saturated rings. The normalized spacial score (nSPS) is 15.1. The van der Waals surface area contributed by atoms with Crippen LogP contribution in [0.4, 0.5) is 0 Å². The molecule has 0 aromatic rings. The number of ether oxygens (including phenoxy) is 1. The van der Waals surface area contributed by atoms with Gasteiger partial charge < -0.3 is 25.2 Å². The number of hydrogen-bond donors (Lipinski definition) is 4. The maximum absolute atomic E-state index is 12.1. The highest BCUT2D eigenvalue weighted by atomic mass is 16.5. The van der Waals surface area contributed by atoms with Crippen LogP contribution in [0.3, 0.4) is 0 Å². The van der Waals surface area contributed by atoms with Crippen LogP contribution in [0.5, 0.6) is 0 Å². The predicted molar refractivity (Wildman–Crippen MR) is 134 cm³/mol. The van der Waals surface area contributed by atoms with E-state index in [-0.39, 0.29) is 6.42 Å². The fourth-order valence-electron chi connectivity index (χ4n) is 3.62. The molecule has 0 aromatic carbocycles. The van der Waals surface area contributed by atoms with E-state index in [0.717, 1.165) is 38.2 Å². The Kier molecular flexibility index (Phi) is 21.0. The minimum atomic E-state index is -1.86. The summed E-state index contributed by atoms with van der Waals surface area (Å²) in [7, 11) is 0. The van der Waals surface area contributed by atoms with Crippen molar-refractivity contribution < 1.29 is 34.8 Å². The molecule has 34 heavy (non-hydrogen) atoms. The van der Waals surface area contributed by atoms with Crippen LogP contribution in [0.25, 0.3) is 0 Å². The van der Waals surface area contributed by atoms with Gasteiger partial charge in [-0.05, 0) is 32.1 Å². The maximum atomic E-state index is 12.1. The monoisotopic (exact) mass is 484 g/mol. The van der Waals surface area contributed by atoms with Crippen molar-refractivity contribution in [1.29, 1.82) is 0 Å². The smallest absolute Gasteiger partial charge is 0.330 e. The molecule has 0 unspecified atom stereocenters. The maximum Gasteiger partial charge on any atom is 0.330 e. The molecule has 4 N–H and O–H groups in total. The van der Waals surface area contributed by atoms with E-state index in [1.54, 1.807) is 0 Å². The zero-order chi connectivity index (χ0) is 25.6. The third-order valence-electron chi connectivity index (χ3n) is 5.90. The van der Waals surface area contributed by atoms with E-state index < -0.39 is 42.8 Å². The number of ketones is 1. The molecule has 0 saturated carbocycles. The second-order valence-corrected chi connectivity index (χ2v) is 8.98. The zero-order valence-corrected chi connectivity index (χ0v) is 21.1. The number of carbonyl (C=O) groups excluding carboxylic acids is 2. The van der Waals surface area contributed by atoms with E-state index in [2.05, 4.69) is 30.4 Å². The first kappa shape index (κ1) is 32.5. The molecule has 0 aliphatic rings. The van der Waals surface area contributed by atoms with Gasteiger partial charge >= 0.3 is 5.97 Å². The van der Waals surface area contributed by atoms with Crippen molar-refractivity contribution >= 4 is 11.8 Å². The van der Waals surface area contributed by atoms with E-state index in [0.29, 0.717) is 6.42 Å². The van der Waals surface area contributed by atoms with Crippen molar-refractivity contribution in [2.24, 2.45) is 0 Å². The van der Waals surface area contributed by atoms with Crippen molar-refractivity contribution in [2.75, 3.05) is 6.61 Å². The van der Waals surface area contributed by atoms with Gasteiger partial charge in [0.1, 0.15) is 31.0 Å². The van der Waals surface area contributed by atoms with Gasteiger partial charge in [0.25, 0.3) is 0 Å². The Morgan fingerprint density at radius 3 is 1.79 bits per heavy atom. The molecule has 7 nitrogen and oxygen atoms in total. The molecular formula is C27H48O7. The van der Waals surface area contributed by atoms with E-state index in [1.807, 2.05) is 0 Å². The van der Waals surface area contributed by atoms with E-state index >= 15 is 0 Å². The summed E-state index contributed by atoms with van der Waals surface area (Å²) in [5.74, 6) is -1.38.